The average Bonchev–Trinajstić information content (AvgIpc) is 2.50. The van der Waals surface area contributed by atoms with Crippen molar-refractivity contribution in [2.45, 2.75) is 24.0 Å². The summed E-state index contributed by atoms with van der Waals surface area (Å²) in [4.78, 5) is 11.0. The van der Waals surface area contributed by atoms with Crippen molar-refractivity contribution in [3.63, 3.8) is 0 Å². The second kappa shape index (κ2) is 4.42. The summed E-state index contributed by atoms with van der Waals surface area (Å²) in [5.41, 5.74) is 0. The van der Waals surface area contributed by atoms with E-state index < -0.39 is 10.7 Å². The summed E-state index contributed by atoms with van der Waals surface area (Å²) in [6.07, 6.45) is 4.75. The van der Waals surface area contributed by atoms with Crippen molar-refractivity contribution >= 4 is 29.5 Å². The Kier molecular flexibility index (Phi) is 3.77. The molecule has 2 nitrogen and oxygen atoms in total. The van der Waals surface area contributed by atoms with Crippen molar-refractivity contribution < 1.29 is 9.90 Å². The van der Waals surface area contributed by atoms with E-state index in [1.807, 2.05) is 6.26 Å². The number of aliphatic carboxylic acids is 1. The zero-order valence-electron chi connectivity index (χ0n) is 7.21. The molecule has 1 fully saturated rings. The maximum absolute atomic E-state index is 11.0. The molecular formula is C8H14O2S2. The van der Waals surface area contributed by atoms with Crippen LogP contribution >= 0.6 is 23.5 Å². The summed E-state index contributed by atoms with van der Waals surface area (Å²) in [5, 5.41) is 9.06. The van der Waals surface area contributed by atoms with E-state index >= 15 is 0 Å². The van der Waals surface area contributed by atoms with Crippen LogP contribution < -0.4 is 0 Å². The van der Waals surface area contributed by atoms with Crippen LogP contribution in [0.15, 0.2) is 0 Å². The van der Waals surface area contributed by atoms with Gasteiger partial charge >= 0.3 is 5.97 Å². The third-order valence-electron chi connectivity index (χ3n) is 2.20. The van der Waals surface area contributed by atoms with Gasteiger partial charge in [-0.2, -0.15) is 11.8 Å². The number of carboxylic acid groups (broad SMARTS) is 1. The molecule has 0 aromatic carbocycles. The molecule has 1 rings (SSSR count). The van der Waals surface area contributed by atoms with E-state index in [9.17, 15) is 4.79 Å². The summed E-state index contributed by atoms with van der Waals surface area (Å²) in [5.74, 6) is 1.36. The van der Waals surface area contributed by atoms with Gasteiger partial charge in [0.15, 0.2) is 0 Å². The molecule has 0 bridgehead atoms. The van der Waals surface area contributed by atoms with Gasteiger partial charge in [0.2, 0.25) is 0 Å². The Bertz CT molecular complexity index is 164. The molecule has 1 saturated heterocycles. The molecule has 1 atom stereocenters. The van der Waals surface area contributed by atoms with Crippen molar-refractivity contribution in [2.75, 3.05) is 17.8 Å². The largest absolute Gasteiger partial charge is 0.480 e. The van der Waals surface area contributed by atoms with E-state index in [2.05, 4.69) is 0 Å². The maximum Gasteiger partial charge on any atom is 0.319 e. The zero-order valence-corrected chi connectivity index (χ0v) is 8.84. The Labute approximate surface area is 81.5 Å². The van der Waals surface area contributed by atoms with Crippen LogP contribution in [0.5, 0.6) is 0 Å². The summed E-state index contributed by atoms with van der Waals surface area (Å²) in [7, 11) is 0. The van der Waals surface area contributed by atoms with Crippen LogP contribution in [0.1, 0.15) is 19.3 Å². The standard InChI is InChI=1S/C8H14O2S2/c1-11-6-4-8(7(9)10)3-2-5-12-8/h2-6H2,1H3,(H,9,10). The van der Waals surface area contributed by atoms with E-state index in [-0.39, 0.29) is 0 Å². The molecule has 1 N–H and O–H groups in total. The molecule has 0 amide bonds. The predicted octanol–water partition coefficient (Wildman–Crippen LogP) is 2.09. The molecule has 0 spiro atoms. The molecule has 0 aromatic rings. The molecule has 0 aliphatic carbocycles. The Hall–Kier alpha value is 0.170. The third-order valence-corrected chi connectivity index (χ3v) is 4.44. The summed E-state index contributed by atoms with van der Waals surface area (Å²) >= 11 is 3.35. The van der Waals surface area contributed by atoms with E-state index in [1.54, 1.807) is 23.5 Å². The normalized spacial score (nSPS) is 29.1. The topological polar surface area (TPSA) is 37.3 Å². The zero-order chi connectivity index (χ0) is 9.03. The molecule has 12 heavy (non-hydrogen) atoms. The average molecular weight is 206 g/mol. The fourth-order valence-electron chi connectivity index (χ4n) is 1.44. The highest BCUT2D eigenvalue weighted by Crippen LogP contribution is 2.41. The molecule has 1 aliphatic heterocycles. The van der Waals surface area contributed by atoms with Crippen LogP contribution in [0.2, 0.25) is 0 Å². The minimum atomic E-state index is -0.612. The summed E-state index contributed by atoms with van der Waals surface area (Å²) < 4.78 is -0.441. The van der Waals surface area contributed by atoms with Gasteiger partial charge < -0.3 is 5.11 Å². The molecule has 1 aliphatic rings. The molecule has 0 aromatic heterocycles. The van der Waals surface area contributed by atoms with Gasteiger partial charge in [-0.05, 0) is 37.0 Å². The third kappa shape index (κ3) is 2.10. The number of carbonyl (C=O) groups is 1. The first-order valence-corrected chi connectivity index (χ1v) is 6.45. The van der Waals surface area contributed by atoms with Gasteiger partial charge in [-0.3, -0.25) is 4.79 Å². The molecule has 70 valence electrons. The van der Waals surface area contributed by atoms with Gasteiger partial charge in [-0.25, -0.2) is 0 Å². The lowest BCUT2D eigenvalue weighted by molar-refractivity contribution is -0.140. The van der Waals surface area contributed by atoms with Crippen molar-refractivity contribution in [1.82, 2.24) is 0 Å². The quantitative estimate of drug-likeness (QED) is 0.764. The van der Waals surface area contributed by atoms with E-state index in [0.717, 1.165) is 30.8 Å². The lowest BCUT2D eigenvalue weighted by atomic mass is 10.0. The summed E-state index contributed by atoms with van der Waals surface area (Å²) in [6, 6.07) is 0. The second-order valence-electron chi connectivity index (χ2n) is 2.99. The second-order valence-corrected chi connectivity index (χ2v) is 5.46. The van der Waals surface area contributed by atoms with E-state index in [0.29, 0.717) is 0 Å². The first kappa shape index (κ1) is 10.3. The fraction of sp³-hybridized carbons (Fsp3) is 0.875. The number of carboxylic acids is 1. The van der Waals surface area contributed by atoms with Gasteiger partial charge in [0, 0.05) is 0 Å². The Morgan fingerprint density at radius 3 is 2.92 bits per heavy atom. The lowest BCUT2D eigenvalue weighted by Gasteiger charge is -2.21. The highest BCUT2D eigenvalue weighted by atomic mass is 32.2. The Morgan fingerprint density at radius 1 is 1.75 bits per heavy atom. The molecule has 1 heterocycles. The molecule has 1 unspecified atom stereocenters. The Morgan fingerprint density at radius 2 is 2.50 bits per heavy atom. The van der Waals surface area contributed by atoms with Crippen molar-refractivity contribution in [2.24, 2.45) is 0 Å². The smallest absolute Gasteiger partial charge is 0.319 e. The van der Waals surface area contributed by atoms with E-state index in [1.165, 1.54) is 0 Å². The molecule has 4 heteroatoms. The van der Waals surface area contributed by atoms with Crippen LogP contribution in [0, 0.1) is 0 Å². The lowest BCUT2D eigenvalue weighted by Crippen LogP contribution is -2.32. The number of hydrogen-bond acceptors (Lipinski definition) is 3. The van der Waals surface area contributed by atoms with Gasteiger partial charge in [-0.1, -0.05) is 0 Å². The number of hydrogen-bond donors (Lipinski definition) is 1. The molecular weight excluding hydrogens is 192 g/mol. The predicted molar refractivity (Wildman–Crippen MR) is 55.1 cm³/mol. The van der Waals surface area contributed by atoms with Crippen molar-refractivity contribution in [3.8, 4) is 0 Å². The van der Waals surface area contributed by atoms with Crippen molar-refractivity contribution in [3.05, 3.63) is 0 Å². The first-order chi connectivity index (χ1) is 5.71. The molecule has 0 radical (unpaired) electrons. The monoisotopic (exact) mass is 206 g/mol. The summed E-state index contributed by atoms with van der Waals surface area (Å²) in [6.45, 7) is 0. The van der Waals surface area contributed by atoms with Crippen LogP contribution in [-0.2, 0) is 4.79 Å². The fourth-order valence-corrected chi connectivity index (χ4v) is 3.46. The Balaban J connectivity index is 2.53. The van der Waals surface area contributed by atoms with Crippen LogP contribution in [0.25, 0.3) is 0 Å². The van der Waals surface area contributed by atoms with Gasteiger partial charge in [0.1, 0.15) is 4.75 Å². The van der Waals surface area contributed by atoms with Gasteiger partial charge in [0.05, 0.1) is 0 Å². The number of thioether (sulfide) groups is 2. The van der Waals surface area contributed by atoms with Gasteiger partial charge in [0.25, 0.3) is 0 Å². The highest BCUT2D eigenvalue weighted by Gasteiger charge is 2.41. The SMILES string of the molecule is CSCCC1(C(=O)O)CCCS1. The van der Waals surface area contributed by atoms with Crippen LogP contribution in [0.4, 0.5) is 0 Å². The van der Waals surface area contributed by atoms with Crippen molar-refractivity contribution in [1.29, 1.82) is 0 Å². The maximum atomic E-state index is 11.0. The highest BCUT2D eigenvalue weighted by molar-refractivity contribution is 8.01. The minimum Gasteiger partial charge on any atom is -0.480 e. The minimum absolute atomic E-state index is 0.441. The van der Waals surface area contributed by atoms with Crippen LogP contribution in [-0.4, -0.2) is 33.6 Å². The number of rotatable bonds is 4. The molecule has 0 saturated carbocycles. The van der Waals surface area contributed by atoms with Crippen LogP contribution in [0.3, 0.4) is 0 Å². The van der Waals surface area contributed by atoms with Gasteiger partial charge in [-0.15, -0.1) is 11.8 Å². The first-order valence-electron chi connectivity index (χ1n) is 4.07. The van der Waals surface area contributed by atoms with E-state index in [4.69, 9.17) is 5.11 Å².